The molecular formula is C26H27ClN2O3. The summed E-state index contributed by atoms with van der Waals surface area (Å²) in [7, 11) is 0. The van der Waals surface area contributed by atoms with Gasteiger partial charge in [0.1, 0.15) is 5.75 Å². The molecule has 0 radical (unpaired) electrons. The zero-order chi connectivity index (χ0) is 23.3. The van der Waals surface area contributed by atoms with E-state index in [4.69, 9.17) is 16.3 Å². The molecule has 0 unspecified atom stereocenters. The minimum atomic E-state index is -0.769. The number of carbonyl (C=O) groups excluding carboxylic acids is 2. The summed E-state index contributed by atoms with van der Waals surface area (Å²) in [4.78, 5) is 25.7. The second kappa shape index (κ2) is 10.3. The number of halogens is 1. The zero-order valence-electron chi connectivity index (χ0n) is 18.6. The maximum Gasteiger partial charge on any atom is 0.265 e. The van der Waals surface area contributed by atoms with Crippen molar-refractivity contribution in [3.05, 3.63) is 94.0 Å². The molecule has 0 spiro atoms. The molecule has 3 aromatic rings. The first kappa shape index (κ1) is 23.4. The lowest BCUT2D eigenvalue weighted by molar-refractivity contribution is -0.122. The largest absolute Gasteiger partial charge is 0.481 e. The lowest BCUT2D eigenvalue weighted by Gasteiger charge is -2.19. The van der Waals surface area contributed by atoms with Gasteiger partial charge in [-0.3, -0.25) is 9.59 Å². The Morgan fingerprint density at radius 1 is 0.906 bits per heavy atom. The number of benzene rings is 3. The molecule has 6 heteroatoms. The van der Waals surface area contributed by atoms with Crippen LogP contribution in [0.25, 0.3) is 0 Å². The van der Waals surface area contributed by atoms with Gasteiger partial charge in [-0.2, -0.15) is 0 Å². The number of para-hydroxylation sites is 1. The molecule has 166 valence electrons. The van der Waals surface area contributed by atoms with Crippen LogP contribution in [0.3, 0.4) is 0 Å². The van der Waals surface area contributed by atoms with E-state index < -0.39 is 6.10 Å². The maximum absolute atomic E-state index is 12.9. The van der Waals surface area contributed by atoms with Crippen LogP contribution in [0.5, 0.6) is 5.75 Å². The van der Waals surface area contributed by atoms with Crippen molar-refractivity contribution in [2.45, 2.75) is 39.8 Å². The lowest BCUT2D eigenvalue weighted by Crippen LogP contribution is -2.32. The van der Waals surface area contributed by atoms with Crippen LogP contribution in [0.4, 0.5) is 5.69 Å². The first-order valence-electron chi connectivity index (χ1n) is 10.5. The Bertz CT molecular complexity index is 1090. The highest BCUT2D eigenvalue weighted by Crippen LogP contribution is 2.27. The zero-order valence-corrected chi connectivity index (χ0v) is 19.4. The van der Waals surface area contributed by atoms with Crippen molar-refractivity contribution in [3.63, 3.8) is 0 Å². The average molecular weight is 451 g/mol. The average Bonchev–Trinajstić information content (AvgIpc) is 2.78. The van der Waals surface area contributed by atoms with E-state index in [0.717, 1.165) is 16.7 Å². The van der Waals surface area contributed by atoms with Crippen molar-refractivity contribution in [3.8, 4) is 5.75 Å². The molecule has 0 bridgehead atoms. The first-order chi connectivity index (χ1) is 15.3. The minimum Gasteiger partial charge on any atom is -0.481 e. The number of rotatable bonds is 7. The number of anilines is 1. The van der Waals surface area contributed by atoms with Gasteiger partial charge in [-0.05, 0) is 68.7 Å². The summed E-state index contributed by atoms with van der Waals surface area (Å²) in [5.41, 5.74) is 3.56. The van der Waals surface area contributed by atoms with Crippen LogP contribution in [0, 0.1) is 13.8 Å². The minimum absolute atomic E-state index is 0.175. The fourth-order valence-corrected chi connectivity index (χ4v) is 3.46. The molecule has 0 aliphatic carbocycles. The van der Waals surface area contributed by atoms with Crippen molar-refractivity contribution in [2.24, 2.45) is 0 Å². The van der Waals surface area contributed by atoms with E-state index in [-0.39, 0.29) is 17.9 Å². The summed E-state index contributed by atoms with van der Waals surface area (Å²) in [6, 6.07) is 20.0. The summed E-state index contributed by atoms with van der Waals surface area (Å²) in [5, 5.41) is 6.47. The van der Waals surface area contributed by atoms with Crippen LogP contribution in [0.15, 0.2) is 66.7 Å². The number of hydrogen-bond donors (Lipinski definition) is 2. The van der Waals surface area contributed by atoms with Gasteiger partial charge in [0.2, 0.25) is 0 Å². The van der Waals surface area contributed by atoms with Gasteiger partial charge < -0.3 is 15.4 Å². The monoisotopic (exact) mass is 450 g/mol. The van der Waals surface area contributed by atoms with Crippen LogP contribution in [0.2, 0.25) is 5.02 Å². The Hall–Kier alpha value is -3.31. The number of hydrogen-bond acceptors (Lipinski definition) is 3. The summed E-state index contributed by atoms with van der Waals surface area (Å²) in [6.07, 6.45) is -0.769. The standard InChI is InChI=1S/C26H27ClN2O3/c1-16-14-21(15-17(2)24(16)27)32-19(4)25(30)29-23-13-9-8-12-22(23)26(31)28-18(3)20-10-6-5-7-11-20/h5-15,18-19H,1-4H3,(H,28,31)(H,29,30)/t18-,19-/m0/s1. The van der Waals surface area contributed by atoms with E-state index in [1.807, 2.05) is 51.1 Å². The highest BCUT2D eigenvalue weighted by atomic mass is 35.5. The molecule has 2 atom stereocenters. The Morgan fingerprint density at radius 3 is 2.16 bits per heavy atom. The van der Waals surface area contributed by atoms with Gasteiger partial charge in [0.05, 0.1) is 17.3 Å². The van der Waals surface area contributed by atoms with Gasteiger partial charge >= 0.3 is 0 Å². The maximum atomic E-state index is 12.9. The molecule has 2 N–H and O–H groups in total. The molecule has 5 nitrogen and oxygen atoms in total. The fraction of sp³-hybridized carbons (Fsp3) is 0.231. The van der Waals surface area contributed by atoms with Gasteiger partial charge in [-0.15, -0.1) is 0 Å². The molecule has 0 heterocycles. The summed E-state index contributed by atoms with van der Waals surface area (Å²) < 4.78 is 5.82. The third kappa shape index (κ3) is 5.68. The second-order valence-electron chi connectivity index (χ2n) is 7.77. The SMILES string of the molecule is Cc1cc(O[C@@H](C)C(=O)Nc2ccccc2C(=O)N[C@@H](C)c2ccccc2)cc(C)c1Cl. The topological polar surface area (TPSA) is 67.4 Å². The Labute approximate surface area is 193 Å². The van der Waals surface area contributed by atoms with E-state index in [2.05, 4.69) is 10.6 Å². The van der Waals surface area contributed by atoms with Crippen LogP contribution < -0.4 is 15.4 Å². The molecule has 0 aliphatic heterocycles. The Kier molecular flexibility index (Phi) is 7.54. The number of ether oxygens (including phenoxy) is 1. The number of nitrogens with one attached hydrogen (secondary N) is 2. The van der Waals surface area contributed by atoms with E-state index in [9.17, 15) is 9.59 Å². The van der Waals surface area contributed by atoms with Crippen molar-refractivity contribution in [2.75, 3.05) is 5.32 Å². The van der Waals surface area contributed by atoms with E-state index in [1.165, 1.54) is 0 Å². The second-order valence-corrected chi connectivity index (χ2v) is 8.15. The van der Waals surface area contributed by atoms with E-state index >= 15 is 0 Å². The molecule has 0 aromatic heterocycles. The summed E-state index contributed by atoms with van der Waals surface area (Å²) in [5.74, 6) is -0.0591. The number of carbonyl (C=O) groups is 2. The smallest absolute Gasteiger partial charge is 0.265 e. The molecule has 3 aromatic carbocycles. The lowest BCUT2D eigenvalue weighted by atomic mass is 10.1. The predicted octanol–water partition coefficient (Wildman–Crippen LogP) is 5.85. The molecule has 32 heavy (non-hydrogen) atoms. The van der Waals surface area contributed by atoms with E-state index in [0.29, 0.717) is 22.0 Å². The summed E-state index contributed by atoms with van der Waals surface area (Å²) >= 11 is 6.21. The molecule has 2 amide bonds. The molecule has 0 saturated heterocycles. The highest BCUT2D eigenvalue weighted by Gasteiger charge is 2.20. The molecule has 0 saturated carbocycles. The van der Waals surface area contributed by atoms with Crippen molar-refractivity contribution in [1.82, 2.24) is 5.32 Å². The van der Waals surface area contributed by atoms with E-state index in [1.54, 1.807) is 43.3 Å². The number of amides is 2. The third-order valence-corrected chi connectivity index (χ3v) is 5.76. The predicted molar refractivity (Wildman–Crippen MR) is 128 cm³/mol. The molecular weight excluding hydrogens is 424 g/mol. The van der Waals surface area contributed by atoms with Gasteiger partial charge in [-0.25, -0.2) is 0 Å². The normalized spacial score (nSPS) is 12.5. The van der Waals surface area contributed by atoms with Gasteiger partial charge in [0.25, 0.3) is 11.8 Å². The van der Waals surface area contributed by atoms with Gasteiger partial charge in [0, 0.05) is 5.02 Å². The first-order valence-corrected chi connectivity index (χ1v) is 10.8. The van der Waals surface area contributed by atoms with Gasteiger partial charge in [-0.1, -0.05) is 54.1 Å². The van der Waals surface area contributed by atoms with Crippen molar-refractivity contribution >= 4 is 29.1 Å². The van der Waals surface area contributed by atoms with Crippen LogP contribution in [-0.2, 0) is 4.79 Å². The Morgan fingerprint density at radius 2 is 1.50 bits per heavy atom. The quantitative estimate of drug-likeness (QED) is 0.474. The third-order valence-electron chi connectivity index (χ3n) is 5.17. The highest BCUT2D eigenvalue weighted by molar-refractivity contribution is 6.32. The molecule has 3 rings (SSSR count). The summed E-state index contributed by atoms with van der Waals surface area (Å²) in [6.45, 7) is 7.35. The molecule has 0 fully saturated rings. The number of aryl methyl sites for hydroxylation is 2. The van der Waals surface area contributed by atoms with Crippen LogP contribution >= 0.6 is 11.6 Å². The van der Waals surface area contributed by atoms with Gasteiger partial charge in [0.15, 0.2) is 6.10 Å². The van der Waals surface area contributed by atoms with Crippen molar-refractivity contribution in [1.29, 1.82) is 0 Å². The Balaban J connectivity index is 1.70. The fourth-order valence-electron chi connectivity index (χ4n) is 3.36. The van der Waals surface area contributed by atoms with Crippen molar-refractivity contribution < 1.29 is 14.3 Å². The molecule has 0 aliphatic rings. The van der Waals surface area contributed by atoms with Crippen LogP contribution in [0.1, 0.15) is 46.9 Å². The van der Waals surface area contributed by atoms with Crippen LogP contribution in [-0.4, -0.2) is 17.9 Å².